The summed E-state index contributed by atoms with van der Waals surface area (Å²) >= 11 is 0. The quantitative estimate of drug-likeness (QED) is 0.863. The van der Waals surface area contributed by atoms with Crippen LogP contribution in [0.3, 0.4) is 0 Å². The van der Waals surface area contributed by atoms with Crippen LogP contribution in [-0.2, 0) is 11.3 Å². The van der Waals surface area contributed by atoms with E-state index >= 15 is 0 Å². The minimum atomic E-state index is -1.00. The molecule has 1 aromatic carbocycles. The van der Waals surface area contributed by atoms with Crippen molar-refractivity contribution < 1.29 is 14.3 Å². The Bertz CT molecular complexity index is 636. The molecule has 1 aromatic heterocycles. The second-order valence-electron chi connectivity index (χ2n) is 3.55. The van der Waals surface area contributed by atoms with Gasteiger partial charge in [-0.1, -0.05) is 0 Å². The number of halogens is 1. The number of aliphatic carboxylic acids is 1. The van der Waals surface area contributed by atoms with Gasteiger partial charge in [0.2, 0.25) is 0 Å². The van der Waals surface area contributed by atoms with E-state index in [-0.39, 0.29) is 18.4 Å². The molecule has 17 heavy (non-hydrogen) atoms. The van der Waals surface area contributed by atoms with Crippen molar-refractivity contribution in [3.63, 3.8) is 0 Å². The summed E-state index contributed by atoms with van der Waals surface area (Å²) in [5.41, 5.74) is -0.0428. The first-order valence-electron chi connectivity index (χ1n) is 4.94. The van der Waals surface area contributed by atoms with Crippen LogP contribution in [0.5, 0.6) is 0 Å². The third kappa shape index (κ3) is 2.30. The number of aromatic nitrogens is 2. The fourth-order valence-corrected chi connectivity index (χ4v) is 1.51. The van der Waals surface area contributed by atoms with Gasteiger partial charge in [0.25, 0.3) is 5.56 Å². The molecule has 88 valence electrons. The third-order valence-corrected chi connectivity index (χ3v) is 2.35. The number of nitrogens with zero attached hydrogens (tertiary/aromatic N) is 2. The van der Waals surface area contributed by atoms with Gasteiger partial charge in [0.1, 0.15) is 5.82 Å². The van der Waals surface area contributed by atoms with Crippen LogP contribution < -0.4 is 5.56 Å². The summed E-state index contributed by atoms with van der Waals surface area (Å²) in [6, 6.07) is 3.73. The van der Waals surface area contributed by atoms with Crippen molar-refractivity contribution in [3.8, 4) is 0 Å². The van der Waals surface area contributed by atoms with E-state index in [2.05, 4.69) is 4.98 Å². The molecule has 0 radical (unpaired) electrons. The summed E-state index contributed by atoms with van der Waals surface area (Å²) in [7, 11) is 0. The van der Waals surface area contributed by atoms with Crippen molar-refractivity contribution >= 4 is 16.9 Å². The van der Waals surface area contributed by atoms with Crippen molar-refractivity contribution in [2.45, 2.75) is 13.0 Å². The number of benzene rings is 1. The number of carboxylic acid groups (broad SMARTS) is 1. The number of fused-ring (bicyclic) bond motifs is 1. The van der Waals surface area contributed by atoms with Crippen LogP contribution in [0.25, 0.3) is 10.9 Å². The number of carboxylic acids is 1. The molecule has 0 amide bonds. The molecule has 1 N–H and O–H groups in total. The largest absolute Gasteiger partial charge is 0.481 e. The Labute approximate surface area is 95.1 Å². The van der Waals surface area contributed by atoms with Crippen LogP contribution in [0, 0.1) is 5.82 Å². The fourth-order valence-electron chi connectivity index (χ4n) is 1.51. The molecule has 6 heteroatoms. The number of hydrogen-bond donors (Lipinski definition) is 1. The van der Waals surface area contributed by atoms with E-state index in [9.17, 15) is 14.0 Å². The van der Waals surface area contributed by atoms with Gasteiger partial charge in [-0.05, 0) is 18.2 Å². The summed E-state index contributed by atoms with van der Waals surface area (Å²) in [6.45, 7) is 0.0214. The van der Waals surface area contributed by atoms with Crippen molar-refractivity contribution in [3.05, 3.63) is 40.7 Å². The molecular formula is C11H9FN2O3. The Morgan fingerprint density at radius 1 is 1.47 bits per heavy atom. The second-order valence-corrected chi connectivity index (χ2v) is 3.55. The van der Waals surface area contributed by atoms with Crippen LogP contribution in [0.15, 0.2) is 29.3 Å². The van der Waals surface area contributed by atoms with Crippen LogP contribution in [0.4, 0.5) is 4.39 Å². The summed E-state index contributed by atoms with van der Waals surface area (Å²) in [4.78, 5) is 26.2. The van der Waals surface area contributed by atoms with E-state index in [0.29, 0.717) is 5.52 Å². The zero-order chi connectivity index (χ0) is 12.4. The number of carbonyl (C=O) groups is 1. The predicted molar refractivity (Wildman–Crippen MR) is 58.2 cm³/mol. The van der Waals surface area contributed by atoms with Crippen molar-refractivity contribution in [1.29, 1.82) is 0 Å². The van der Waals surface area contributed by atoms with Gasteiger partial charge < -0.3 is 5.11 Å². The van der Waals surface area contributed by atoms with Gasteiger partial charge in [-0.15, -0.1) is 0 Å². The molecule has 0 spiro atoms. The maximum atomic E-state index is 13.0. The molecule has 0 aliphatic rings. The monoisotopic (exact) mass is 236 g/mol. The predicted octanol–water partition coefficient (Wildman–Crippen LogP) is 1.01. The fraction of sp³-hybridized carbons (Fsp3) is 0.182. The average molecular weight is 236 g/mol. The summed E-state index contributed by atoms with van der Waals surface area (Å²) in [5, 5.41) is 8.68. The highest BCUT2D eigenvalue weighted by Gasteiger charge is 2.06. The Morgan fingerprint density at radius 2 is 2.24 bits per heavy atom. The Kier molecular flexibility index (Phi) is 2.86. The van der Waals surface area contributed by atoms with Gasteiger partial charge in [-0.2, -0.15) is 0 Å². The van der Waals surface area contributed by atoms with Crippen molar-refractivity contribution in [2.24, 2.45) is 0 Å². The van der Waals surface area contributed by atoms with Gasteiger partial charge in [-0.3, -0.25) is 14.2 Å². The average Bonchev–Trinajstić information content (AvgIpc) is 2.29. The summed E-state index contributed by atoms with van der Waals surface area (Å²) < 4.78 is 14.2. The minimum Gasteiger partial charge on any atom is -0.481 e. The zero-order valence-electron chi connectivity index (χ0n) is 8.76. The topological polar surface area (TPSA) is 72.2 Å². The Morgan fingerprint density at radius 3 is 2.94 bits per heavy atom. The molecule has 2 aromatic rings. The molecule has 0 unspecified atom stereocenters. The van der Waals surface area contributed by atoms with Gasteiger partial charge in [-0.25, -0.2) is 9.37 Å². The molecule has 0 aliphatic carbocycles. The van der Waals surface area contributed by atoms with Crippen LogP contribution in [0.2, 0.25) is 0 Å². The van der Waals surface area contributed by atoms with Crippen LogP contribution in [0.1, 0.15) is 6.42 Å². The van der Waals surface area contributed by atoms with E-state index in [1.165, 1.54) is 18.5 Å². The highest BCUT2D eigenvalue weighted by molar-refractivity contribution is 5.77. The van der Waals surface area contributed by atoms with Gasteiger partial charge in [0.05, 0.1) is 23.7 Å². The Balaban J connectivity index is 2.49. The first kappa shape index (κ1) is 11.3. The first-order chi connectivity index (χ1) is 8.08. The molecule has 1 heterocycles. The molecule has 0 fully saturated rings. The summed E-state index contributed by atoms with van der Waals surface area (Å²) in [6.07, 6.45) is 1.09. The normalized spacial score (nSPS) is 10.6. The smallest absolute Gasteiger partial charge is 0.305 e. The number of aryl methyl sites for hydroxylation is 1. The second kappa shape index (κ2) is 4.32. The van der Waals surface area contributed by atoms with E-state index in [4.69, 9.17) is 5.11 Å². The maximum Gasteiger partial charge on any atom is 0.305 e. The lowest BCUT2D eigenvalue weighted by atomic mass is 10.2. The van der Waals surface area contributed by atoms with Gasteiger partial charge in [0.15, 0.2) is 0 Å². The van der Waals surface area contributed by atoms with Gasteiger partial charge in [0, 0.05) is 6.54 Å². The van der Waals surface area contributed by atoms with E-state index in [1.807, 2.05) is 0 Å². The number of hydrogen-bond acceptors (Lipinski definition) is 3. The van der Waals surface area contributed by atoms with Crippen molar-refractivity contribution in [1.82, 2.24) is 9.55 Å². The lowest BCUT2D eigenvalue weighted by molar-refractivity contribution is -0.137. The molecule has 5 nitrogen and oxygen atoms in total. The Hall–Kier alpha value is -2.24. The zero-order valence-corrected chi connectivity index (χ0v) is 8.76. The number of rotatable bonds is 3. The summed E-state index contributed by atoms with van der Waals surface area (Å²) in [5.74, 6) is -1.52. The first-order valence-corrected chi connectivity index (χ1v) is 4.94. The molecule has 0 aliphatic heterocycles. The molecule has 0 atom stereocenters. The van der Waals surface area contributed by atoms with Crippen molar-refractivity contribution in [2.75, 3.05) is 0 Å². The molecule has 0 bridgehead atoms. The minimum absolute atomic E-state index is 0.0214. The maximum absolute atomic E-state index is 13.0. The molecular weight excluding hydrogens is 227 g/mol. The standard InChI is InChI=1S/C11H9FN2O3/c12-7-1-2-9-8(5-7)11(17)14(6-13-9)4-3-10(15)16/h1-2,5-6H,3-4H2,(H,15,16). The van der Waals surface area contributed by atoms with Gasteiger partial charge >= 0.3 is 5.97 Å². The highest BCUT2D eigenvalue weighted by Crippen LogP contribution is 2.08. The van der Waals surface area contributed by atoms with E-state index in [0.717, 1.165) is 10.6 Å². The van der Waals surface area contributed by atoms with E-state index in [1.54, 1.807) is 0 Å². The molecule has 0 saturated heterocycles. The van der Waals surface area contributed by atoms with Crippen LogP contribution >= 0.6 is 0 Å². The molecule has 2 rings (SSSR count). The molecule has 0 saturated carbocycles. The SMILES string of the molecule is O=C(O)CCn1cnc2ccc(F)cc2c1=O. The van der Waals surface area contributed by atoms with Crippen LogP contribution in [-0.4, -0.2) is 20.6 Å². The lowest BCUT2D eigenvalue weighted by Gasteiger charge is -2.04. The van der Waals surface area contributed by atoms with E-state index < -0.39 is 17.3 Å². The highest BCUT2D eigenvalue weighted by atomic mass is 19.1. The lowest BCUT2D eigenvalue weighted by Crippen LogP contribution is -2.22. The third-order valence-electron chi connectivity index (χ3n) is 2.35.